The Balaban J connectivity index is 5.24. The molecule has 0 saturated carbocycles. The van der Waals surface area contributed by atoms with Gasteiger partial charge in [-0.25, -0.2) is 9.13 Å². The minimum Gasteiger partial charge on any atom is -0.462 e. The Bertz CT molecular complexity index is 1920. The first-order chi connectivity index (χ1) is 47.1. The fourth-order valence-corrected chi connectivity index (χ4v) is 13.6. The van der Waals surface area contributed by atoms with Crippen molar-refractivity contribution in [3.8, 4) is 0 Å². The van der Waals surface area contributed by atoms with Gasteiger partial charge in [-0.05, 0) is 49.4 Å². The second-order valence-electron chi connectivity index (χ2n) is 30.1. The van der Waals surface area contributed by atoms with Crippen LogP contribution in [-0.4, -0.2) is 96.7 Å². The molecule has 98 heavy (non-hydrogen) atoms. The molecule has 0 aromatic carbocycles. The van der Waals surface area contributed by atoms with Crippen LogP contribution in [0.5, 0.6) is 0 Å². The van der Waals surface area contributed by atoms with E-state index in [9.17, 15) is 43.2 Å². The van der Waals surface area contributed by atoms with Gasteiger partial charge >= 0.3 is 39.5 Å². The van der Waals surface area contributed by atoms with E-state index in [0.29, 0.717) is 25.7 Å². The minimum absolute atomic E-state index is 0.104. The molecule has 0 heterocycles. The van der Waals surface area contributed by atoms with Gasteiger partial charge in [0, 0.05) is 25.7 Å². The van der Waals surface area contributed by atoms with Crippen LogP contribution in [0.4, 0.5) is 0 Å². The van der Waals surface area contributed by atoms with Crippen molar-refractivity contribution < 1.29 is 80.2 Å². The predicted octanol–water partition coefficient (Wildman–Crippen LogP) is 23.2. The van der Waals surface area contributed by atoms with Gasteiger partial charge in [0.05, 0.1) is 26.4 Å². The molecule has 0 aliphatic rings. The maximum atomic E-state index is 13.1. The van der Waals surface area contributed by atoms with Crippen molar-refractivity contribution in [2.24, 2.45) is 23.7 Å². The Morgan fingerprint density at radius 1 is 0.286 bits per heavy atom. The highest BCUT2D eigenvalue weighted by atomic mass is 31.2. The lowest BCUT2D eigenvalue weighted by Gasteiger charge is -2.21. The molecule has 3 N–H and O–H groups in total. The second-order valence-corrected chi connectivity index (χ2v) is 33.0. The largest absolute Gasteiger partial charge is 0.472 e. The number of aliphatic hydroxyl groups excluding tert-OH is 1. The lowest BCUT2D eigenvalue weighted by Crippen LogP contribution is -2.30. The zero-order valence-corrected chi connectivity index (χ0v) is 66.2. The van der Waals surface area contributed by atoms with Crippen molar-refractivity contribution in [1.82, 2.24) is 0 Å². The summed E-state index contributed by atoms with van der Waals surface area (Å²) < 4.78 is 68.6. The average Bonchev–Trinajstić information content (AvgIpc) is 1.04. The smallest absolute Gasteiger partial charge is 0.462 e. The number of carbonyl (C=O) groups excluding carboxylic acids is 4. The molecule has 0 aliphatic heterocycles. The van der Waals surface area contributed by atoms with Crippen LogP contribution >= 0.6 is 15.6 Å². The Morgan fingerprint density at radius 3 is 0.724 bits per heavy atom. The maximum Gasteiger partial charge on any atom is 0.472 e. The van der Waals surface area contributed by atoms with Crippen LogP contribution in [-0.2, 0) is 65.4 Å². The van der Waals surface area contributed by atoms with Crippen molar-refractivity contribution in [3.63, 3.8) is 0 Å². The lowest BCUT2D eigenvalue weighted by molar-refractivity contribution is -0.161. The van der Waals surface area contributed by atoms with Crippen LogP contribution in [0.25, 0.3) is 0 Å². The van der Waals surface area contributed by atoms with E-state index in [0.717, 1.165) is 114 Å². The number of carbonyl (C=O) groups is 4. The third-order valence-electron chi connectivity index (χ3n) is 18.7. The third kappa shape index (κ3) is 71.1. The van der Waals surface area contributed by atoms with Crippen LogP contribution in [0.3, 0.4) is 0 Å². The molecule has 0 spiro atoms. The first-order valence-corrected chi connectivity index (χ1v) is 43.7. The number of aliphatic hydroxyl groups is 1. The summed E-state index contributed by atoms with van der Waals surface area (Å²) in [4.78, 5) is 72.9. The molecular weight excluding hydrogens is 1280 g/mol. The molecule has 19 heteroatoms. The fourth-order valence-electron chi connectivity index (χ4n) is 12.0. The van der Waals surface area contributed by atoms with Crippen molar-refractivity contribution in [2.45, 2.75) is 420 Å². The summed E-state index contributed by atoms with van der Waals surface area (Å²) in [6, 6.07) is 0. The van der Waals surface area contributed by atoms with Crippen LogP contribution in [0.1, 0.15) is 402 Å². The molecule has 17 nitrogen and oxygen atoms in total. The standard InChI is InChI=1S/C79H154O17P2/c1-9-72(8)58-50-42-34-24-20-16-13-14-18-22-26-37-45-53-61-78(83)95-74(65-89-76(81)59-51-43-35-25-21-17-12-10-11-15-19-23-31-39-47-55-69(2)3)67-93-97(85,86)91-63-73(80)64-92-98(87,88)94-68-75(96-79(84)62-54-46-38-30-28-33-41-49-57-71(6)7)66-90-77(82)60-52-44-36-29-27-32-40-48-56-70(4)5/h69-75,80H,9-68H2,1-8H3,(H,85,86)(H,87,88)/t72?,73?,74-,75-/m1/s1. The molecule has 0 aliphatic carbocycles. The quantitative estimate of drug-likeness (QED) is 0.0222. The van der Waals surface area contributed by atoms with Crippen molar-refractivity contribution in [3.05, 3.63) is 0 Å². The SMILES string of the molecule is CCC(C)CCCCCCCCCCCCCCCCC(=O)O[C@H](COC(=O)CCCCCCCCCCCCCCCCCC(C)C)COP(=O)(O)OCC(O)COP(=O)(O)OC[C@@H](COC(=O)CCCCCCCCCCC(C)C)OC(=O)CCCCCCCCCCC(C)C. The number of esters is 4. The van der Waals surface area contributed by atoms with E-state index in [1.807, 2.05) is 0 Å². The Hall–Kier alpha value is -1.94. The van der Waals surface area contributed by atoms with E-state index in [1.165, 1.54) is 205 Å². The van der Waals surface area contributed by atoms with E-state index < -0.39 is 97.5 Å². The Kier molecular flexibility index (Phi) is 66.8. The van der Waals surface area contributed by atoms with Crippen molar-refractivity contribution >= 4 is 39.5 Å². The monoisotopic (exact) mass is 1440 g/mol. The molecule has 0 rings (SSSR count). The molecule has 0 amide bonds. The third-order valence-corrected chi connectivity index (χ3v) is 20.6. The first kappa shape index (κ1) is 96.1. The molecule has 0 bridgehead atoms. The van der Waals surface area contributed by atoms with Crippen LogP contribution in [0.2, 0.25) is 0 Å². The van der Waals surface area contributed by atoms with Gasteiger partial charge < -0.3 is 33.8 Å². The molecule has 4 unspecified atom stereocenters. The Labute approximate surface area is 600 Å². The number of hydrogen-bond acceptors (Lipinski definition) is 15. The topological polar surface area (TPSA) is 237 Å². The van der Waals surface area contributed by atoms with Crippen LogP contribution in [0, 0.1) is 23.7 Å². The van der Waals surface area contributed by atoms with E-state index in [-0.39, 0.29) is 25.7 Å². The highest BCUT2D eigenvalue weighted by Gasteiger charge is 2.30. The molecule has 6 atom stereocenters. The van der Waals surface area contributed by atoms with Gasteiger partial charge in [-0.3, -0.25) is 37.3 Å². The molecule has 582 valence electrons. The van der Waals surface area contributed by atoms with Gasteiger partial charge in [-0.15, -0.1) is 0 Å². The van der Waals surface area contributed by atoms with Crippen molar-refractivity contribution in [1.29, 1.82) is 0 Å². The van der Waals surface area contributed by atoms with Crippen LogP contribution < -0.4 is 0 Å². The molecule has 0 fully saturated rings. The summed E-state index contributed by atoms with van der Waals surface area (Å²) >= 11 is 0. The fraction of sp³-hybridized carbons (Fsp3) is 0.949. The van der Waals surface area contributed by atoms with E-state index in [1.54, 1.807) is 0 Å². The number of phosphoric acid groups is 2. The van der Waals surface area contributed by atoms with Gasteiger partial charge in [0.2, 0.25) is 0 Å². The number of phosphoric ester groups is 2. The second kappa shape index (κ2) is 68.2. The summed E-state index contributed by atoms with van der Waals surface area (Å²) in [5.74, 6) is 0.978. The van der Waals surface area contributed by atoms with Gasteiger partial charge in [0.15, 0.2) is 12.2 Å². The van der Waals surface area contributed by atoms with Gasteiger partial charge in [-0.1, -0.05) is 351 Å². The summed E-state index contributed by atoms with van der Waals surface area (Å²) in [7, 11) is -9.92. The van der Waals surface area contributed by atoms with Crippen molar-refractivity contribution in [2.75, 3.05) is 39.6 Å². The zero-order valence-electron chi connectivity index (χ0n) is 64.4. The van der Waals surface area contributed by atoms with E-state index in [2.05, 4.69) is 55.4 Å². The summed E-state index contributed by atoms with van der Waals surface area (Å²) in [6.07, 6.45) is 54.2. The highest BCUT2D eigenvalue weighted by molar-refractivity contribution is 7.47. The summed E-state index contributed by atoms with van der Waals surface area (Å²) in [5, 5.41) is 10.6. The van der Waals surface area contributed by atoms with Gasteiger partial charge in [0.1, 0.15) is 19.3 Å². The highest BCUT2D eigenvalue weighted by Crippen LogP contribution is 2.45. The van der Waals surface area contributed by atoms with E-state index >= 15 is 0 Å². The Morgan fingerprint density at radius 2 is 0.490 bits per heavy atom. The number of rotatable bonds is 76. The normalized spacial score (nSPS) is 14.3. The molecular formula is C79H154O17P2. The van der Waals surface area contributed by atoms with Gasteiger partial charge in [0.25, 0.3) is 0 Å². The molecule has 0 aromatic heterocycles. The van der Waals surface area contributed by atoms with E-state index in [4.69, 9.17) is 37.0 Å². The maximum absolute atomic E-state index is 13.1. The summed E-state index contributed by atoms with van der Waals surface area (Å²) in [6.45, 7) is 14.2. The number of unbranched alkanes of at least 4 members (excludes halogenated alkanes) is 41. The lowest BCUT2D eigenvalue weighted by atomic mass is 9.99. The number of ether oxygens (including phenoxy) is 4. The molecule has 0 saturated heterocycles. The predicted molar refractivity (Wildman–Crippen MR) is 400 cm³/mol. The molecule has 0 radical (unpaired) electrons. The first-order valence-electron chi connectivity index (χ1n) is 40.7. The average molecular weight is 1440 g/mol. The van der Waals surface area contributed by atoms with Crippen LogP contribution in [0.15, 0.2) is 0 Å². The molecule has 0 aromatic rings. The number of hydrogen-bond donors (Lipinski definition) is 3. The summed E-state index contributed by atoms with van der Waals surface area (Å²) in [5.41, 5.74) is 0. The zero-order chi connectivity index (χ0) is 72.4. The minimum atomic E-state index is -4.96. The van der Waals surface area contributed by atoms with Gasteiger partial charge in [-0.2, -0.15) is 0 Å².